The summed E-state index contributed by atoms with van der Waals surface area (Å²) in [5, 5.41) is 1.27. The molecule has 0 bridgehead atoms. The molecular formula is C10H13ClN2O. The summed E-state index contributed by atoms with van der Waals surface area (Å²) < 4.78 is 0. The number of hydrogen-bond acceptors (Lipinski definition) is 2. The van der Waals surface area contributed by atoms with Crippen LogP contribution in [0.1, 0.15) is 18.4 Å². The van der Waals surface area contributed by atoms with Crippen LogP contribution >= 0.6 is 12.4 Å². The van der Waals surface area contributed by atoms with Gasteiger partial charge in [-0.15, -0.1) is 12.4 Å². The molecule has 76 valence electrons. The second-order valence-corrected chi connectivity index (χ2v) is 3.25. The number of hydrogen-bond donors (Lipinski definition) is 1. The number of aryl methyl sites for hydroxylation is 1. The minimum atomic E-state index is 0. The first-order valence-corrected chi connectivity index (χ1v) is 4.44. The largest absolute Gasteiger partial charge is 0.273 e. The lowest BCUT2D eigenvalue weighted by molar-refractivity contribution is -0.118. The van der Waals surface area contributed by atoms with Crippen molar-refractivity contribution >= 4 is 24.0 Å². The van der Waals surface area contributed by atoms with E-state index >= 15 is 0 Å². The molecule has 2 N–H and O–H groups in total. The van der Waals surface area contributed by atoms with Crippen LogP contribution in [0, 0.1) is 0 Å². The van der Waals surface area contributed by atoms with Gasteiger partial charge in [0.15, 0.2) is 0 Å². The molecule has 1 aromatic carbocycles. The Hall–Kier alpha value is -1.06. The fourth-order valence-corrected chi connectivity index (χ4v) is 1.64. The van der Waals surface area contributed by atoms with Crippen molar-refractivity contribution in [3.8, 4) is 0 Å². The summed E-state index contributed by atoms with van der Waals surface area (Å²) in [6.45, 7) is 0. The zero-order chi connectivity index (χ0) is 9.26. The van der Waals surface area contributed by atoms with Gasteiger partial charge in [-0.2, -0.15) is 0 Å². The minimum Gasteiger partial charge on any atom is -0.273 e. The summed E-state index contributed by atoms with van der Waals surface area (Å²) in [5.74, 6) is 5.68. The molecular weight excluding hydrogens is 200 g/mol. The van der Waals surface area contributed by atoms with E-state index in [1.807, 2.05) is 24.3 Å². The Morgan fingerprint density at radius 1 is 1.21 bits per heavy atom. The third-order valence-electron chi connectivity index (χ3n) is 2.36. The Kier molecular flexibility index (Phi) is 3.49. The van der Waals surface area contributed by atoms with E-state index in [4.69, 9.17) is 5.84 Å². The third kappa shape index (κ3) is 1.89. The molecule has 1 aliphatic heterocycles. The van der Waals surface area contributed by atoms with E-state index in [1.54, 1.807) is 0 Å². The van der Waals surface area contributed by atoms with Crippen LogP contribution in [0.2, 0.25) is 0 Å². The van der Waals surface area contributed by atoms with Gasteiger partial charge in [-0.3, -0.25) is 4.79 Å². The molecule has 4 heteroatoms. The van der Waals surface area contributed by atoms with Crippen LogP contribution in [0.25, 0.3) is 0 Å². The molecule has 0 fully saturated rings. The number of anilines is 1. The van der Waals surface area contributed by atoms with Crippen LogP contribution < -0.4 is 10.9 Å². The molecule has 1 amide bonds. The van der Waals surface area contributed by atoms with Gasteiger partial charge in [0.2, 0.25) is 5.91 Å². The number of nitrogens with zero attached hydrogens (tertiary/aromatic N) is 1. The van der Waals surface area contributed by atoms with Gasteiger partial charge in [-0.25, -0.2) is 10.9 Å². The molecule has 0 saturated heterocycles. The predicted molar refractivity (Wildman–Crippen MR) is 58.3 cm³/mol. The number of nitrogens with two attached hydrogens (primary N) is 1. The van der Waals surface area contributed by atoms with Crippen LogP contribution in [0.5, 0.6) is 0 Å². The first-order chi connectivity index (χ1) is 6.29. The number of carbonyl (C=O) groups excluding carboxylic acids is 1. The number of halogens is 1. The van der Waals surface area contributed by atoms with E-state index in [0.717, 1.165) is 24.1 Å². The van der Waals surface area contributed by atoms with E-state index in [1.165, 1.54) is 5.01 Å². The SMILES string of the molecule is Cl.NN1C(=O)CCCc2ccccc21. The Balaban J connectivity index is 0.000000980. The van der Waals surface area contributed by atoms with Gasteiger partial charge in [0.05, 0.1) is 5.69 Å². The number of para-hydroxylation sites is 1. The molecule has 0 unspecified atom stereocenters. The smallest absolute Gasteiger partial charge is 0.241 e. The van der Waals surface area contributed by atoms with Gasteiger partial charge in [-0.1, -0.05) is 18.2 Å². The van der Waals surface area contributed by atoms with E-state index in [9.17, 15) is 4.79 Å². The summed E-state index contributed by atoms with van der Waals surface area (Å²) in [6.07, 6.45) is 2.38. The molecule has 1 aromatic rings. The van der Waals surface area contributed by atoms with Crippen molar-refractivity contribution in [2.75, 3.05) is 5.01 Å². The van der Waals surface area contributed by atoms with Gasteiger partial charge in [0.1, 0.15) is 0 Å². The lowest BCUT2D eigenvalue weighted by Crippen LogP contribution is -2.36. The van der Waals surface area contributed by atoms with E-state index in [-0.39, 0.29) is 18.3 Å². The highest BCUT2D eigenvalue weighted by molar-refractivity contribution is 5.93. The van der Waals surface area contributed by atoms with E-state index in [2.05, 4.69) is 0 Å². The summed E-state index contributed by atoms with van der Waals surface area (Å²) in [5.41, 5.74) is 2.01. The molecule has 14 heavy (non-hydrogen) atoms. The van der Waals surface area contributed by atoms with E-state index in [0.29, 0.717) is 6.42 Å². The minimum absolute atomic E-state index is 0. The normalized spacial score (nSPS) is 15.5. The number of fused-ring (bicyclic) bond motifs is 1. The summed E-state index contributed by atoms with van der Waals surface area (Å²) in [6, 6.07) is 7.78. The molecule has 1 aliphatic rings. The number of hydrazine groups is 1. The number of amides is 1. The van der Waals surface area contributed by atoms with Crippen LogP contribution in [0.3, 0.4) is 0 Å². The highest BCUT2D eigenvalue weighted by Crippen LogP contribution is 2.23. The third-order valence-corrected chi connectivity index (χ3v) is 2.36. The van der Waals surface area contributed by atoms with Crippen LogP contribution in [-0.2, 0) is 11.2 Å². The van der Waals surface area contributed by atoms with Crippen molar-refractivity contribution in [2.45, 2.75) is 19.3 Å². The molecule has 0 saturated carbocycles. The Bertz CT molecular complexity index is 341. The highest BCUT2D eigenvalue weighted by atomic mass is 35.5. The first-order valence-electron chi connectivity index (χ1n) is 4.44. The monoisotopic (exact) mass is 212 g/mol. The van der Waals surface area contributed by atoms with Gasteiger partial charge < -0.3 is 0 Å². The maximum absolute atomic E-state index is 11.4. The summed E-state index contributed by atoms with van der Waals surface area (Å²) in [4.78, 5) is 11.4. The summed E-state index contributed by atoms with van der Waals surface area (Å²) in [7, 11) is 0. The average Bonchev–Trinajstić information content (AvgIpc) is 2.29. The predicted octanol–water partition coefficient (Wildman–Crippen LogP) is 1.65. The van der Waals surface area contributed by atoms with Crippen molar-refractivity contribution in [2.24, 2.45) is 5.84 Å². The fraction of sp³-hybridized carbons (Fsp3) is 0.300. The fourth-order valence-electron chi connectivity index (χ4n) is 1.64. The first kappa shape index (κ1) is 11.0. The number of rotatable bonds is 0. The molecule has 0 aromatic heterocycles. The molecule has 3 nitrogen and oxygen atoms in total. The lowest BCUT2D eigenvalue weighted by Gasteiger charge is -2.15. The van der Waals surface area contributed by atoms with Crippen molar-refractivity contribution in [3.05, 3.63) is 29.8 Å². The van der Waals surface area contributed by atoms with Crippen molar-refractivity contribution in [1.29, 1.82) is 0 Å². The maximum Gasteiger partial charge on any atom is 0.241 e. The van der Waals surface area contributed by atoms with Crippen molar-refractivity contribution in [1.82, 2.24) is 0 Å². The zero-order valence-corrected chi connectivity index (χ0v) is 8.59. The van der Waals surface area contributed by atoms with Gasteiger partial charge >= 0.3 is 0 Å². The molecule has 0 radical (unpaired) electrons. The number of carbonyl (C=O) groups is 1. The summed E-state index contributed by atoms with van der Waals surface area (Å²) >= 11 is 0. The molecule has 1 heterocycles. The van der Waals surface area contributed by atoms with Gasteiger partial charge in [-0.05, 0) is 24.5 Å². The Morgan fingerprint density at radius 2 is 1.93 bits per heavy atom. The number of benzene rings is 1. The quantitative estimate of drug-likeness (QED) is 0.525. The lowest BCUT2D eigenvalue weighted by atomic mass is 10.1. The molecule has 0 spiro atoms. The van der Waals surface area contributed by atoms with Crippen LogP contribution in [-0.4, -0.2) is 5.91 Å². The molecule has 0 atom stereocenters. The van der Waals surface area contributed by atoms with Gasteiger partial charge in [0, 0.05) is 6.42 Å². The average molecular weight is 213 g/mol. The van der Waals surface area contributed by atoms with Crippen LogP contribution in [0.15, 0.2) is 24.3 Å². The van der Waals surface area contributed by atoms with Crippen molar-refractivity contribution < 1.29 is 4.79 Å². The Morgan fingerprint density at radius 3 is 2.71 bits per heavy atom. The van der Waals surface area contributed by atoms with Gasteiger partial charge in [0.25, 0.3) is 0 Å². The maximum atomic E-state index is 11.4. The molecule has 0 aliphatic carbocycles. The Labute approximate surface area is 89.3 Å². The second-order valence-electron chi connectivity index (χ2n) is 3.25. The van der Waals surface area contributed by atoms with Crippen molar-refractivity contribution in [3.63, 3.8) is 0 Å². The molecule has 2 rings (SSSR count). The standard InChI is InChI=1S/C10H12N2O.ClH/c11-12-9-6-2-1-4-8(9)5-3-7-10(12)13;/h1-2,4,6H,3,5,7,11H2;1H. The van der Waals surface area contributed by atoms with Crippen LogP contribution in [0.4, 0.5) is 5.69 Å². The highest BCUT2D eigenvalue weighted by Gasteiger charge is 2.18. The second kappa shape index (κ2) is 4.44. The zero-order valence-electron chi connectivity index (χ0n) is 7.77. The topological polar surface area (TPSA) is 46.3 Å². The van der Waals surface area contributed by atoms with E-state index < -0.39 is 0 Å².